The average Bonchev–Trinajstić information content (AvgIpc) is 2.39. The molecule has 104 valence electrons. The Bertz CT molecular complexity index is 544. The van der Waals surface area contributed by atoms with Crippen molar-refractivity contribution >= 4 is 10.0 Å². The Kier molecular flexibility index (Phi) is 5.52. The lowest BCUT2D eigenvalue weighted by molar-refractivity contribution is 0.369. The van der Waals surface area contributed by atoms with Gasteiger partial charge in [0, 0.05) is 13.1 Å². The largest absolute Gasteiger partial charge is 0.243 e. The van der Waals surface area contributed by atoms with Gasteiger partial charge in [0.05, 0.1) is 17.4 Å². The Balaban J connectivity index is 2.97. The van der Waals surface area contributed by atoms with Crippen LogP contribution in [0.1, 0.15) is 32.3 Å². The molecule has 0 aliphatic rings. The van der Waals surface area contributed by atoms with Gasteiger partial charge in [0.15, 0.2) is 0 Å². The number of hydrogen-bond donors (Lipinski definition) is 0. The van der Waals surface area contributed by atoms with Gasteiger partial charge >= 0.3 is 0 Å². The van der Waals surface area contributed by atoms with Gasteiger partial charge < -0.3 is 0 Å². The lowest BCUT2D eigenvalue weighted by atomic mass is 10.2. The molecule has 0 radical (unpaired) electrons. The van der Waals surface area contributed by atoms with Crippen molar-refractivity contribution < 1.29 is 8.42 Å². The van der Waals surface area contributed by atoms with Gasteiger partial charge in [-0.25, -0.2) is 8.42 Å². The molecule has 1 unspecified atom stereocenters. The monoisotopic (exact) mass is 280 g/mol. The molecule has 0 aliphatic carbocycles. The van der Waals surface area contributed by atoms with Crippen molar-refractivity contribution in [3.8, 4) is 6.07 Å². The van der Waals surface area contributed by atoms with Crippen molar-refractivity contribution in [3.63, 3.8) is 0 Å². The lowest BCUT2D eigenvalue weighted by Gasteiger charge is -2.24. The Hall–Kier alpha value is -1.38. The number of nitriles is 1. The van der Waals surface area contributed by atoms with Gasteiger partial charge in [0.1, 0.15) is 0 Å². The summed E-state index contributed by atoms with van der Waals surface area (Å²) in [6.07, 6.45) is 2.08. The first-order valence-corrected chi connectivity index (χ1v) is 7.81. The van der Waals surface area contributed by atoms with E-state index in [9.17, 15) is 8.42 Å². The number of sulfonamides is 1. The molecule has 0 aliphatic heterocycles. The first-order chi connectivity index (χ1) is 8.93. The molecular weight excluding hydrogens is 260 g/mol. The second-order valence-corrected chi connectivity index (χ2v) is 6.64. The number of nitrogens with zero attached hydrogens (tertiary/aromatic N) is 2. The van der Waals surface area contributed by atoms with E-state index >= 15 is 0 Å². The fraction of sp³-hybridized carbons (Fsp3) is 0.500. The fourth-order valence-corrected chi connectivity index (χ4v) is 3.27. The van der Waals surface area contributed by atoms with Crippen molar-refractivity contribution in [2.45, 2.75) is 44.0 Å². The fourth-order valence-electron chi connectivity index (χ4n) is 1.87. The molecule has 1 rings (SSSR count). The Morgan fingerprint density at radius 2 is 1.89 bits per heavy atom. The second kappa shape index (κ2) is 6.69. The summed E-state index contributed by atoms with van der Waals surface area (Å²) < 4.78 is 26.2. The van der Waals surface area contributed by atoms with Crippen LogP contribution in [0.2, 0.25) is 0 Å². The van der Waals surface area contributed by atoms with Crippen molar-refractivity contribution in [2.24, 2.45) is 0 Å². The van der Waals surface area contributed by atoms with E-state index in [1.165, 1.54) is 4.31 Å². The molecule has 1 atom stereocenters. The molecule has 5 heteroatoms. The first kappa shape index (κ1) is 15.7. The first-order valence-electron chi connectivity index (χ1n) is 6.37. The summed E-state index contributed by atoms with van der Waals surface area (Å²) in [5, 5.41) is 8.59. The Morgan fingerprint density at radius 3 is 2.37 bits per heavy atom. The Morgan fingerprint density at radius 1 is 1.32 bits per heavy atom. The molecule has 0 spiro atoms. The molecule has 0 aromatic heterocycles. The zero-order valence-corrected chi connectivity index (χ0v) is 12.4. The highest BCUT2D eigenvalue weighted by Gasteiger charge is 2.24. The van der Waals surface area contributed by atoms with Gasteiger partial charge in [-0.15, -0.1) is 0 Å². The molecule has 0 N–H and O–H groups in total. The molecule has 0 saturated heterocycles. The quantitative estimate of drug-likeness (QED) is 0.804. The highest BCUT2D eigenvalue weighted by Crippen LogP contribution is 2.19. The molecule has 1 aromatic carbocycles. The molecular formula is C14H20N2O2S. The minimum absolute atomic E-state index is 0.0196. The SMILES string of the molecule is CCCC(C)N(C)S(=O)(=O)c1ccc(CC#N)cc1. The van der Waals surface area contributed by atoms with Gasteiger partial charge in [-0.2, -0.15) is 9.57 Å². The molecule has 0 heterocycles. The van der Waals surface area contributed by atoms with Crippen LogP contribution in [-0.2, 0) is 16.4 Å². The van der Waals surface area contributed by atoms with E-state index in [1.807, 2.05) is 19.9 Å². The predicted molar refractivity (Wildman–Crippen MR) is 75.1 cm³/mol. The average molecular weight is 280 g/mol. The van der Waals surface area contributed by atoms with E-state index in [-0.39, 0.29) is 10.9 Å². The number of hydrogen-bond acceptors (Lipinski definition) is 3. The van der Waals surface area contributed by atoms with Crippen molar-refractivity contribution in [3.05, 3.63) is 29.8 Å². The van der Waals surface area contributed by atoms with Crippen molar-refractivity contribution in [2.75, 3.05) is 7.05 Å². The van der Waals surface area contributed by atoms with Gasteiger partial charge in [-0.1, -0.05) is 25.5 Å². The van der Waals surface area contributed by atoms with E-state index < -0.39 is 10.0 Å². The normalized spacial score (nSPS) is 13.2. The maximum Gasteiger partial charge on any atom is 0.243 e. The number of rotatable bonds is 6. The third-order valence-electron chi connectivity index (χ3n) is 3.21. The van der Waals surface area contributed by atoms with Crippen LogP contribution in [0.15, 0.2) is 29.2 Å². The summed E-state index contributed by atoms with van der Waals surface area (Å²) in [6, 6.07) is 8.53. The van der Waals surface area contributed by atoms with Crippen LogP contribution >= 0.6 is 0 Å². The van der Waals surface area contributed by atoms with Crippen LogP contribution in [0.5, 0.6) is 0 Å². The maximum atomic E-state index is 12.4. The van der Waals surface area contributed by atoms with Crippen molar-refractivity contribution in [1.29, 1.82) is 5.26 Å². The minimum atomic E-state index is -3.44. The summed E-state index contributed by atoms with van der Waals surface area (Å²) in [6.45, 7) is 3.94. The van der Waals surface area contributed by atoms with E-state index in [1.54, 1.807) is 31.3 Å². The van der Waals surface area contributed by atoms with E-state index in [4.69, 9.17) is 5.26 Å². The smallest absolute Gasteiger partial charge is 0.207 e. The molecule has 1 aromatic rings. The summed E-state index contributed by atoms with van der Waals surface area (Å²) in [5.74, 6) is 0. The van der Waals surface area contributed by atoms with Crippen LogP contribution in [-0.4, -0.2) is 25.8 Å². The lowest BCUT2D eigenvalue weighted by Crippen LogP contribution is -2.34. The topological polar surface area (TPSA) is 61.2 Å². The summed E-state index contributed by atoms with van der Waals surface area (Å²) >= 11 is 0. The van der Waals surface area contributed by atoms with Crippen LogP contribution in [0, 0.1) is 11.3 Å². The molecule has 0 amide bonds. The van der Waals surface area contributed by atoms with Gasteiger partial charge in [0.2, 0.25) is 10.0 Å². The summed E-state index contributed by atoms with van der Waals surface area (Å²) in [4.78, 5) is 0.277. The summed E-state index contributed by atoms with van der Waals surface area (Å²) in [5.41, 5.74) is 0.825. The zero-order chi connectivity index (χ0) is 14.5. The zero-order valence-electron chi connectivity index (χ0n) is 11.6. The maximum absolute atomic E-state index is 12.4. The molecule has 4 nitrogen and oxygen atoms in total. The van der Waals surface area contributed by atoms with E-state index in [0.717, 1.165) is 18.4 Å². The highest BCUT2D eigenvalue weighted by molar-refractivity contribution is 7.89. The molecule has 19 heavy (non-hydrogen) atoms. The summed E-state index contributed by atoms with van der Waals surface area (Å²) in [7, 11) is -1.83. The second-order valence-electron chi connectivity index (χ2n) is 4.64. The standard InChI is InChI=1S/C14H20N2O2S/c1-4-5-12(2)16(3)19(17,18)14-8-6-13(7-9-14)10-11-15/h6-9,12H,4-5,10H2,1-3H3. The number of benzene rings is 1. The molecule has 0 fully saturated rings. The third-order valence-corrected chi connectivity index (χ3v) is 5.20. The van der Waals surface area contributed by atoms with Gasteiger partial charge in [0.25, 0.3) is 0 Å². The van der Waals surface area contributed by atoms with Crippen LogP contribution in [0.3, 0.4) is 0 Å². The van der Waals surface area contributed by atoms with E-state index in [2.05, 4.69) is 0 Å². The van der Waals surface area contributed by atoms with E-state index in [0.29, 0.717) is 6.42 Å². The molecule has 0 saturated carbocycles. The minimum Gasteiger partial charge on any atom is -0.207 e. The van der Waals surface area contributed by atoms with Crippen LogP contribution < -0.4 is 0 Å². The van der Waals surface area contributed by atoms with Crippen molar-refractivity contribution in [1.82, 2.24) is 4.31 Å². The van der Waals surface area contributed by atoms with Crippen LogP contribution in [0.4, 0.5) is 0 Å². The predicted octanol–water partition coefficient (Wildman–Crippen LogP) is 2.56. The highest BCUT2D eigenvalue weighted by atomic mass is 32.2. The van der Waals surface area contributed by atoms with Gasteiger partial charge in [-0.3, -0.25) is 0 Å². The Labute approximate surface area is 115 Å². The van der Waals surface area contributed by atoms with Crippen LogP contribution in [0.25, 0.3) is 0 Å². The molecule has 0 bridgehead atoms. The third kappa shape index (κ3) is 3.79. The van der Waals surface area contributed by atoms with Gasteiger partial charge in [-0.05, 0) is 31.0 Å².